The number of ketones is 1. The lowest BCUT2D eigenvalue weighted by atomic mass is 9.99. The van der Waals surface area contributed by atoms with Crippen molar-refractivity contribution in [2.24, 2.45) is 0 Å². The molecule has 2 aromatic carbocycles. The lowest BCUT2D eigenvalue weighted by Crippen LogP contribution is -2.17. The summed E-state index contributed by atoms with van der Waals surface area (Å²) in [6, 6.07) is 12.5. The first-order valence-corrected chi connectivity index (χ1v) is 8.47. The quantitative estimate of drug-likeness (QED) is 0.499. The Morgan fingerprint density at radius 2 is 2.04 bits per heavy atom. The molecule has 0 aliphatic carbocycles. The molecule has 2 rings (SSSR count). The summed E-state index contributed by atoms with van der Waals surface area (Å²) in [4.78, 5) is 14.6. The van der Waals surface area contributed by atoms with E-state index in [1.165, 1.54) is 12.1 Å². The summed E-state index contributed by atoms with van der Waals surface area (Å²) in [5.74, 6) is -0.945. The van der Waals surface area contributed by atoms with E-state index in [0.717, 1.165) is 19.2 Å². The molecule has 0 atom stereocenters. The summed E-state index contributed by atoms with van der Waals surface area (Å²) < 4.78 is 19.7. The molecular weight excluding hydrogens is 343 g/mol. The average molecular weight is 364 g/mol. The first-order valence-electron chi connectivity index (χ1n) is 8.47. The summed E-state index contributed by atoms with van der Waals surface area (Å²) in [6.45, 7) is 5.42. The molecule has 0 fully saturated rings. The zero-order chi connectivity index (χ0) is 19.6. The van der Waals surface area contributed by atoms with Crippen LogP contribution in [0.2, 0.25) is 0 Å². The minimum absolute atomic E-state index is 0.0733. The van der Waals surface area contributed by atoms with Crippen molar-refractivity contribution in [3.8, 4) is 11.8 Å². The number of ether oxygens (including phenoxy) is 1. The molecule has 0 saturated carbocycles. The van der Waals surface area contributed by atoms with Crippen molar-refractivity contribution in [3.63, 3.8) is 0 Å². The first-order chi connectivity index (χ1) is 13.1. The van der Waals surface area contributed by atoms with Gasteiger partial charge in [0, 0.05) is 24.2 Å². The fraction of sp³-hybridized carbons (Fsp3) is 0.182. The fourth-order valence-corrected chi connectivity index (χ4v) is 2.45. The second-order valence-electron chi connectivity index (χ2n) is 5.92. The molecule has 0 amide bonds. The minimum atomic E-state index is -0.618. The largest absolute Gasteiger partial charge is 0.486 e. The van der Waals surface area contributed by atoms with E-state index in [-0.39, 0.29) is 29.0 Å². The van der Waals surface area contributed by atoms with Crippen LogP contribution in [0.5, 0.6) is 5.75 Å². The second kappa shape index (κ2) is 10.0. The van der Waals surface area contributed by atoms with E-state index in [9.17, 15) is 9.18 Å². The van der Waals surface area contributed by atoms with Crippen LogP contribution in [-0.2, 0) is 0 Å². The molecule has 0 heterocycles. The third-order valence-corrected chi connectivity index (χ3v) is 3.85. The molecule has 2 aromatic rings. The summed E-state index contributed by atoms with van der Waals surface area (Å²) >= 11 is 0. The first kappa shape index (κ1) is 20.1. The monoisotopic (exact) mass is 364 g/mol. The Kier molecular flexibility index (Phi) is 7.48. The lowest BCUT2D eigenvalue weighted by Gasteiger charge is -2.10. The van der Waals surface area contributed by atoms with Crippen LogP contribution in [0.3, 0.4) is 0 Å². The number of halogens is 1. The number of hydrogen-bond acceptors (Lipinski definition) is 4. The molecule has 0 saturated heterocycles. The molecular formula is C22H21FN2O2. The van der Waals surface area contributed by atoms with Crippen molar-refractivity contribution in [2.45, 2.75) is 0 Å². The van der Waals surface area contributed by atoms with Gasteiger partial charge in [0.1, 0.15) is 6.61 Å². The molecule has 0 spiro atoms. The number of nitriles is 1. The molecule has 4 nitrogen and oxygen atoms in total. The Morgan fingerprint density at radius 1 is 1.26 bits per heavy atom. The van der Waals surface area contributed by atoms with Gasteiger partial charge in [-0.2, -0.15) is 5.26 Å². The predicted octanol–water partition coefficient (Wildman–Crippen LogP) is 3.98. The van der Waals surface area contributed by atoms with Crippen LogP contribution in [0.15, 0.2) is 67.3 Å². The number of hydrogen-bond donors (Lipinski definition) is 0. The number of benzene rings is 2. The lowest BCUT2D eigenvalue weighted by molar-refractivity contribution is 0.103. The number of rotatable bonds is 9. The van der Waals surface area contributed by atoms with Crippen molar-refractivity contribution in [1.29, 1.82) is 5.26 Å². The van der Waals surface area contributed by atoms with Gasteiger partial charge in [0.05, 0.1) is 11.6 Å². The van der Waals surface area contributed by atoms with Crippen LogP contribution < -0.4 is 4.74 Å². The van der Waals surface area contributed by atoms with Crippen molar-refractivity contribution in [2.75, 3.05) is 26.7 Å². The van der Waals surface area contributed by atoms with E-state index in [0.29, 0.717) is 0 Å². The maximum absolute atomic E-state index is 14.3. The molecule has 0 aromatic heterocycles. The summed E-state index contributed by atoms with van der Waals surface area (Å²) in [5.41, 5.74) is 0.679. The Morgan fingerprint density at radius 3 is 2.74 bits per heavy atom. The SMILES string of the molecule is C=CCN(C)CC=CCOc1ccc(C(=O)c2ccccc2C#N)cc1F. The van der Waals surface area contributed by atoms with E-state index in [1.807, 2.05) is 25.3 Å². The van der Waals surface area contributed by atoms with Gasteiger partial charge >= 0.3 is 0 Å². The van der Waals surface area contributed by atoms with Gasteiger partial charge in [0.2, 0.25) is 0 Å². The van der Waals surface area contributed by atoms with Crippen molar-refractivity contribution < 1.29 is 13.9 Å². The van der Waals surface area contributed by atoms with Crippen molar-refractivity contribution in [1.82, 2.24) is 4.90 Å². The average Bonchev–Trinajstić information content (AvgIpc) is 2.68. The maximum Gasteiger partial charge on any atom is 0.194 e. The van der Waals surface area contributed by atoms with Gasteiger partial charge < -0.3 is 4.74 Å². The zero-order valence-electron chi connectivity index (χ0n) is 15.2. The Balaban J connectivity index is 2.01. The third-order valence-electron chi connectivity index (χ3n) is 3.85. The van der Waals surface area contributed by atoms with E-state index in [4.69, 9.17) is 10.00 Å². The Hall–Kier alpha value is -3.23. The Bertz CT molecular complexity index is 884. The Labute approximate surface area is 158 Å². The van der Waals surface area contributed by atoms with E-state index in [2.05, 4.69) is 11.5 Å². The summed E-state index contributed by atoms with van der Waals surface area (Å²) in [6.07, 6.45) is 5.55. The van der Waals surface area contributed by atoms with Gasteiger partial charge in [0.25, 0.3) is 0 Å². The topological polar surface area (TPSA) is 53.3 Å². The standard InChI is InChI=1S/C22H21FN2O2/c1-3-12-25(2)13-6-7-14-27-21-11-10-17(15-20(21)23)22(26)19-9-5-4-8-18(19)16-24/h3-11,15H,1,12-14H2,2H3. The van der Waals surface area contributed by atoms with E-state index >= 15 is 0 Å². The van der Waals surface area contributed by atoms with Gasteiger partial charge in [-0.25, -0.2) is 4.39 Å². The van der Waals surface area contributed by atoms with Gasteiger partial charge in [-0.15, -0.1) is 6.58 Å². The van der Waals surface area contributed by atoms with Crippen LogP contribution in [0, 0.1) is 17.1 Å². The molecule has 5 heteroatoms. The molecule has 0 radical (unpaired) electrons. The van der Waals surface area contributed by atoms with Crippen LogP contribution >= 0.6 is 0 Å². The van der Waals surface area contributed by atoms with Gasteiger partial charge in [0.15, 0.2) is 17.3 Å². The van der Waals surface area contributed by atoms with Crippen molar-refractivity contribution >= 4 is 5.78 Å². The van der Waals surface area contributed by atoms with Crippen LogP contribution in [-0.4, -0.2) is 37.4 Å². The van der Waals surface area contributed by atoms with Crippen LogP contribution in [0.4, 0.5) is 4.39 Å². The molecule has 27 heavy (non-hydrogen) atoms. The van der Waals surface area contributed by atoms with E-state index < -0.39 is 11.6 Å². The number of likely N-dealkylation sites (N-methyl/N-ethyl adjacent to an activating group) is 1. The molecule has 0 unspecified atom stereocenters. The molecule has 0 bridgehead atoms. The van der Waals surface area contributed by atoms with Crippen molar-refractivity contribution in [3.05, 3.63) is 89.8 Å². The highest BCUT2D eigenvalue weighted by atomic mass is 19.1. The van der Waals surface area contributed by atoms with Crippen LogP contribution in [0.25, 0.3) is 0 Å². The van der Waals surface area contributed by atoms with Gasteiger partial charge in [-0.1, -0.05) is 30.4 Å². The normalized spacial score (nSPS) is 10.7. The molecule has 0 aliphatic rings. The number of carbonyl (C=O) groups excluding carboxylic acids is 1. The highest BCUT2D eigenvalue weighted by molar-refractivity contribution is 6.10. The van der Waals surface area contributed by atoms with Gasteiger partial charge in [-0.3, -0.25) is 9.69 Å². The fourth-order valence-electron chi connectivity index (χ4n) is 2.45. The predicted molar refractivity (Wildman–Crippen MR) is 103 cm³/mol. The molecule has 0 aliphatic heterocycles. The minimum Gasteiger partial charge on any atom is -0.486 e. The van der Waals surface area contributed by atoms with E-state index in [1.54, 1.807) is 30.3 Å². The summed E-state index contributed by atoms with van der Waals surface area (Å²) in [7, 11) is 1.97. The molecule has 0 N–H and O–H groups in total. The smallest absolute Gasteiger partial charge is 0.194 e. The highest BCUT2D eigenvalue weighted by Crippen LogP contribution is 2.21. The molecule has 138 valence electrons. The zero-order valence-corrected chi connectivity index (χ0v) is 15.2. The second-order valence-corrected chi connectivity index (χ2v) is 5.92. The number of carbonyl (C=O) groups is 1. The maximum atomic E-state index is 14.3. The van der Waals surface area contributed by atoms with Gasteiger partial charge in [-0.05, 0) is 37.4 Å². The summed E-state index contributed by atoms with van der Waals surface area (Å²) in [5, 5.41) is 9.11. The van der Waals surface area contributed by atoms with Crippen LogP contribution in [0.1, 0.15) is 21.5 Å². The third kappa shape index (κ3) is 5.63. The highest BCUT2D eigenvalue weighted by Gasteiger charge is 2.15. The number of nitrogens with zero attached hydrogens (tertiary/aromatic N) is 2.